The van der Waals surface area contributed by atoms with E-state index in [4.69, 9.17) is 9.47 Å². The molecule has 0 unspecified atom stereocenters. The summed E-state index contributed by atoms with van der Waals surface area (Å²) in [6.07, 6.45) is 3.30. The second-order valence-electron chi connectivity index (χ2n) is 5.86. The van der Waals surface area contributed by atoms with Crippen LogP contribution in [-0.4, -0.2) is 17.6 Å². The Morgan fingerprint density at radius 1 is 1.15 bits per heavy atom. The van der Waals surface area contributed by atoms with E-state index < -0.39 is 0 Å². The molecule has 5 heteroatoms. The molecule has 3 aromatic rings. The summed E-state index contributed by atoms with van der Waals surface area (Å²) in [6, 6.07) is 17.7. The van der Waals surface area contributed by atoms with Crippen LogP contribution in [0.5, 0.6) is 5.75 Å². The molecule has 1 aromatic heterocycles. The predicted octanol–water partition coefficient (Wildman–Crippen LogP) is 5.03. The molecule has 138 valence electrons. The Morgan fingerprint density at radius 3 is 2.67 bits per heavy atom. The van der Waals surface area contributed by atoms with Crippen molar-refractivity contribution in [3.8, 4) is 5.75 Å². The first-order valence-corrected chi connectivity index (χ1v) is 9.56. The van der Waals surface area contributed by atoms with Crippen molar-refractivity contribution in [3.63, 3.8) is 0 Å². The number of esters is 1. The maximum absolute atomic E-state index is 12.1. The van der Waals surface area contributed by atoms with Crippen LogP contribution in [-0.2, 0) is 16.1 Å². The number of ether oxygens (including phenoxy) is 2. The van der Waals surface area contributed by atoms with Gasteiger partial charge in [-0.3, -0.25) is 0 Å². The van der Waals surface area contributed by atoms with Crippen LogP contribution >= 0.6 is 11.3 Å². The lowest BCUT2D eigenvalue weighted by atomic mass is 10.0. The smallest absolute Gasteiger partial charge is 0.331 e. The van der Waals surface area contributed by atoms with Gasteiger partial charge in [0.15, 0.2) is 0 Å². The summed E-state index contributed by atoms with van der Waals surface area (Å²) in [5.74, 6) is 0.376. The number of rotatable bonds is 7. The van der Waals surface area contributed by atoms with Gasteiger partial charge in [0.2, 0.25) is 0 Å². The lowest BCUT2D eigenvalue weighted by Crippen LogP contribution is -2.01. The van der Waals surface area contributed by atoms with Crippen molar-refractivity contribution in [3.05, 3.63) is 87.9 Å². The highest BCUT2D eigenvalue weighted by Crippen LogP contribution is 2.30. The van der Waals surface area contributed by atoms with Crippen LogP contribution in [0.1, 0.15) is 27.9 Å². The fourth-order valence-electron chi connectivity index (χ4n) is 2.58. The van der Waals surface area contributed by atoms with Gasteiger partial charge in [0.1, 0.15) is 12.4 Å². The van der Waals surface area contributed by atoms with Crippen molar-refractivity contribution in [2.24, 2.45) is 0 Å². The maximum atomic E-state index is 12.1. The summed E-state index contributed by atoms with van der Waals surface area (Å²) in [6.45, 7) is 4.56. The fourth-order valence-corrected chi connectivity index (χ4v) is 3.39. The van der Waals surface area contributed by atoms with Gasteiger partial charge in [-0.2, -0.15) is 0 Å². The summed E-state index contributed by atoms with van der Waals surface area (Å²) in [5, 5.41) is 0.941. The van der Waals surface area contributed by atoms with E-state index in [-0.39, 0.29) is 5.97 Å². The van der Waals surface area contributed by atoms with Gasteiger partial charge in [-0.25, -0.2) is 9.78 Å². The third-order valence-corrected chi connectivity index (χ3v) is 4.77. The zero-order chi connectivity index (χ0) is 19.1. The van der Waals surface area contributed by atoms with E-state index in [1.807, 2.05) is 61.5 Å². The van der Waals surface area contributed by atoms with Gasteiger partial charge in [-0.05, 0) is 37.1 Å². The normalized spacial score (nSPS) is 11.3. The van der Waals surface area contributed by atoms with Crippen molar-refractivity contribution in [1.82, 2.24) is 4.98 Å². The van der Waals surface area contributed by atoms with Crippen LogP contribution in [0.3, 0.4) is 0 Å². The second kappa shape index (κ2) is 9.14. The van der Waals surface area contributed by atoms with Crippen molar-refractivity contribution in [1.29, 1.82) is 0 Å². The molecule has 0 saturated heterocycles. The highest BCUT2D eigenvalue weighted by molar-refractivity contribution is 7.12. The van der Waals surface area contributed by atoms with E-state index in [1.54, 1.807) is 13.1 Å². The van der Waals surface area contributed by atoms with Gasteiger partial charge in [-0.1, -0.05) is 42.5 Å². The summed E-state index contributed by atoms with van der Waals surface area (Å²) < 4.78 is 11.0. The molecule has 0 spiro atoms. The topological polar surface area (TPSA) is 48.4 Å². The maximum Gasteiger partial charge on any atom is 0.331 e. The van der Waals surface area contributed by atoms with Crippen molar-refractivity contribution in [2.45, 2.75) is 20.5 Å². The molecule has 0 N–H and O–H groups in total. The minimum Gasteiger partial charge on any atom is -0.489 e. The quantitative estimate of drug-likeness (QED) is 0.427. The molecule has 27 heavy (non-hydrogen) atoms. The Labute approximate surface area is 163 Å². The number of carbonyl (C=O) groups is 1. The van der Waals surface area contributed by atoms with Crippen molar-refractivity contribution >= 4 is 22.9 Å². The lowest BCUT2D eigenvalue weighted by Gasteiger charge is -2.10. The van der Waals surface area contributed by atoms with Gasteiger partial charge in [-0.15, -0.1) is 11.3 Å². The average molecular weight is 379 g/mol. The molecule has 0 aliphatic carbocycles. The number of nitrogens with zero attached hydrogens (tertiary/aromatic N) is 1. The number of thiazole rings is 1. The number of hydrogen-bond acceptors (Lipinski definition) is 5. The predicted molar refractivity (Wildman–Crippen MR) is 108 cm³/mol. The molecule has 2 aromatic carbocycles. The number of aryl methyl sites for hydroxylation is 1. The first-order valence-electron chi connectivity index (χ1n) is 8.74. The molecule has 0 aliphatic rings. The Hall–Kier alpha value is -2.92. The number of carbonyl (C=O) groups excluding carboxylic acids is 1. The van der Waals surface area contributed by atoms with Crippen LogP contribution in [0.25, 0.3) is 5.57 Å². The minimum absolute atomic E-state index is 0.338. The van der Waals surface area contributed by atoms with Gasteiger partial charge < -0.3 is 9.47 Å². The van der Waals surface area contributed by atoms with Gasteiger partial charge in [0, 0.05) is 17.8 Å². The Balaban J connectivity index is 1.87. The number of hydrogen-bond donors (Lipinski definition) is 0. The monoisotopic (exact) mass is 379 g/mol. The fraction of sp³-hybridized carbons (Fsp3) is 0.182. The summed E-state index contributed by atoms with van der Waals surface area (Å²) in [4.78, 5) is 17.3. The molecule has 0 fully saturated rings. The van der Waals surface area contributed by atoms with E-state index in [2.05, 4.69) is 4.98 Å². The van der Waals surface area contributed by atoms with Crippen molar-refractivity contribution < 1.29 is 14.3 Å². The molecular weight excluding hydrogens is 358 g/mol. The van der Waals surface area contributed by atoms with E-state index >= 15 is 0 Å². The molecule has 0 aliphatic heterocycles. The van der Waals surface area contributed by atoms with Gasteiger partial charge in [0.25, 0.3) is 0 Å². The molecular formula is C22H21NO3S. The van der Waals surface area contributed by atoms with E-state index in [1.165, 1.54) is 17.4 Å². The third kappa shape index (κ3) is 5.28. The van der Waals surface area contributed by atoms with E-state index in [0.29, 0.717) is 13.2 Å². The van der Waals surface area contributed by atoms with Crippen LogP contribution in [0.15, 0.2) is 66.9 Å². The van der Waals surface area contributed by atoms with E-state index in [0.717, 1.165) is 32.3 Å². The lowest BCUT2D eigenvalue weighted by molar-refractivity contribution is -0.137. The Bertz CT molecular complexity index is 931. The Morgan fingerprint density at radius 2 is 1.96 bits per heavy atom. The molecule has 0 saturated carbocycles. The molecule has 0 bridgehead atoms. The second-order valence-corrected chi connectivity index (χ2v) is 7.09. The molecule has 0 atom stereocenters. The molecule has 1 heterocycles. The standard InChI is InChI=1S/C22H21NO3S/c1-3-25-22(24)13-20(21-14-23-16(2)27-21)18-10-7-11-19(12-18)26-15-17-8-5-4-6-9-17/h4-14H,3,15H2,1-2H3. The van der Waals surface area contributed by atoms with Crippen LogP contribution in [0.2, 0.25) is 0 Å². The average Bonchev–Trinajstić information content (AvgIpc) is 3.12. The number of aromatic nitrogens is 1. The first-order chi connectivity index (χ1) is 13.2. The molecule has 3 rings (SSSR count). The first kappa shape index (κ1) is 18.9. The van der Waals surface area contributed by atoms with Crippen LogP contribution < -0.4 is 4.74 Å². The van der Waals surface area contributed by atoms with Gasteiger partial charge in [0.05, 0.1) is 16.5 Å². The highest BCUT2D eigenvalue weighted by atomic mass is 32.1. The molecule has 0 radical (unpaired) electrons. The van der Waals surface area contributed by atoms with Gasteiger partial charge >= 0.3 is 5.97 Å². The summed E-state index contributed by atoms with van der Waals surface area (Å²) in [5.41, 5.74) is 2.77. The SMILES string of the molecule is CCOC(=O)C=C(c1cccc(OCc2ccccc2)c1)c1cnc(C)s1. The largest absolute Gasteiger partial charge is 0.489 e. The van der Waals surface area contributed by atoms with Crippen LogP contribution in [0, 0.1) is 6.92 Å². The number of benzene rings is 2. The Kier molecular flexibility index (Phi) is 6.39. The van der Waals surface area contributed by atoms with Crippen molar-refractivity contribution in [2.75, 3.05) is 6.61 Å². The summed E-state index contributed by atoms with van der Waals surface area (Å²) >= 11 is 1.54. The van der Waals surface area contributed by atoms with E-state index in [9.17, 15) is 4.79 Å². The highest BCUT2D eigenvalue weighted by Gasteiger charge is 2.12. The zero-order valence-corrected chi connectivity index (χ0v) is 16.2. The van der Waals surface area contributed by atoms with Crippen LogP contribution in [0.4, 0.5) is 0 Å². The third-order valence-electron chi connectivity index (χ3n) is 3.83. The zero-order valence-electron chi connectivity index (χ0n) is 15.3. The molecule has 0 amide bonds. The molecule has 4 nitrogen and oxygen atoms in total. The minimum atomic E-state index is -0.367. The summed E-state index contributed by atoms with van der Waals surface area (Å²) in [7, 11) is 0.